The zero-order valence-corrected chi connectivity index (χ0v) is 19.8. The molecule has 1 spiro atoms. The zero-order chi connectivity index (χ0) is 22.7. The van der Waals surface area contributed by atoms with Crippen molar-refractivity contribution in [2.24, 2.45) is 7.05 Å². The molecule has 1 amide bonds. The molecule has 33 heavy (non-hydrogen) atoms. The summed E-state index contributed by atoms with van der Waals surface area (Å²) in [5, 5.41) is 9.33. The van der Waals surface area contributed by atoms with Crippen LogP contribution in [0.25, 0.3) is 21.1 Å². The van der Waals surface area contributed by atoms with Crippen molar-refractivity contribution in [3.05, 3.63) is 41.4 Å². The molecule has 8 nitrogen and oxygen atoms in total. The summed E-state index contributed by atoms with van der Waals surface area (Å²) in [7, 11) is 5.69. The number of hydrogen-bond acceptors (Lipinski definition) is 7. The van der Waals surface area contributed by atoms with Gasteiger partial charge >= 0.3 is 0 Å². The molecular formula is C24H26N6O2S. The van der Waals surface area contributed by atoms with Crippen LogP contribution in [0.15, 0.2) is 36.5 Å². The van der Waals surface area contributed by atoms with Crippen molar-refractivity contribution < 1.29 is 9.53 Å². The molecule has 1 aromatic carbocycles. The summed E-state index contributed by atoms with van der Waals surface area (Å²) in [4.78, 5) is 24.3. The number of carbonyl (C=O) groups excluding carboxylic acids is 1. The first kappa shape index (κ1) is 20.4. The first-order chi connectivity index (χ1) is 15.9. The summed E-state index contributed by atoms with van der Waals surface area (Å²) >= 11 is 1.42. The predicted molar refractivity (Wildman–Crippen MR) is 132 cm³/mol. The van der Waals surface area contributed by atoms with Gasteiger partial charge in [0.2, 0.25) is 0 Å². The van der Waals surface area contributed by atoms with Gasteiger partial charge < -0.3 is 15.0 Å². The third-order valence-electron chi connectivity index (χ3n) is 7.02. The molecule has 3 aromatic heterocycles. The fourth-order valence-corrected chi connectivity index (χ4v) is 6.04. The van der Waals surface area contributed by atoms with Crippen LogP contribution in [0.5, 0.6) is 5.75 Å². The standard InChI is InChI=1S/C24H26N6O2S/c1-28-8-4-7-24(28)13-30(14-24)21-6-5-15-10-20(33-23(15)26-21)22(31)25-18-9-16-12-29(2)27-17(16)11-19(18)32-3/h5-6,9-12H,4,7-8,13-14H2,1-3H3,(H,25,31). The fraction of sp³-hybridized carbons (Fsp3) is 0.375. The molecule has 2 saturated heterocycles. The molecule has 1 N–H and O–H groups in total. The molecule has 6 rings (SSSR count). The number of rotatable bonds is 4. The van der Waals surface area contributed by atoms with Gasteiger partial charge in [-0.3, -0.25) is 14.4 Å². The van der Waals surface area contributed by atoms with Gasteiger partial charge in [0.05, 0.1) is 28.7 Å². The van der Waals surface area contributed by atoms with Crippen molar-refractivity contribution >= 4 is 49.9 Å². The molecular weight excluding hydrogens is 436 g/mol. The van der Waals surface area contributed by atoms with E-state index in [-0.39, 0.29) is 5.91 Å². The molecule has 2 aliphatic rings. The number of fused-ring (bicyclic) bond motifs is 2. The lowest BCUT2D eigenvalue weighted by Crippen LogP contribution is -2.67. The molecule has 2 fully saturated rings. The van der Waals surface area contributed by atoms with Crippen LogP contribution in [0, 0.1) is 0 Å². The Morgan fingerprint density at radius 1 is 1.18 bits per heavy atom. The summed E-state index contributed by atoms with van der Waals surface area (Å²) in [6, 6.07) is 9.77. The zero-order valence-electron chi connectivity index (χ0n) is 19.0. The molecule has 0 saturated carbocycles. The van der Waals surface area contributed by atoms with E-state index in [1.54, 1.807) is 11.8 Å². The van der Waals surface area contributed by atoms with E-state index >= 15 is 0 Å². The van der Waals surface area contributed by atoms with E-state index in [1.807, 2.05) is 31.4 Å². The number of benzene rings is 1. The summed E-state index contributed by atoms with van der Waals surface area (Å²) in [5.74, 6) is 1.40. The Balaban J connectivity index is 1.23. The van der Waals surface area contributed by atoms with Crippen LogP contribution in [-0.2, 0) is 7.05 Å². The Bertz CT molecular complexity index is 1390. The molecule has 170 valence electrons. The Hall–Kier alpha value is -3.17. The quantitative estimate of drug-likeness (QED) is 0.498. The average molecular weight is 463 g/mol. The van der Waals surface area contributed by atoms with Crippen molar-refractivity contribution in [3.8, 4) is 5.75 Å². The lowest BCUT2D eigenvalue weighted by Gasteiger charge is -2.52. The largest absolute Gasteiger partial charge is 0.494 e. The Morgan fingerprint density at radius 3 is 2.79 bits per heavy atom. The number of likely N-dealkylation sites (N-methyl/N-ethyl adjacent to an activating group) is 1. The van der Waals surface area contributed by atoms with Crippen LogP contribution in [0.2, 0.25) is 0 Å². The van der Waals surface area contributed by atoms with Crippen molar-refractivity contribution in [1.29, 1.82) is 0 Å². The SMILES string of the molecule is COc1cc2nn(C)cc2cc1NC(=O)c1cc2ccc(N3CC4(CCCN4C)C3)nc2s1. The van der Waals surface area contributed by atoms with Gasteiger partial charge in [0, 0.05) is 43.2 Å². The maximum atomic E-state index is 13.1. The maximum Gasteiger partial charge on any atom is 0.265 e. The van der Waals surface area contributed by atoms with E-state index in [9.17, 15) is 4.79 Å². The van der Waals surface area contributed by atoms with Gasteiger partial charge in [-0.1, -0.05) is 0 Å². The monoisotopic (exact) mass is 462 g/mol. The number of pyridine rings is 1. The highest BCUT2D eigenvalue weighted by molar-refractivity contribution is 7.20. The van der Waals surface area contributed by atoms with E-state index in [4.69, 9.17) is 9.72 Å². The predicted octanol–water partition coefficient (Wildman–Crippen LogP) is 3.73. The van der Waals surface area contributed by atoms with Gasteiger partial charge in [-0.2, -0.15) is 5.10 Å². The molecule has 2 aliphatic heterocycles. The first-order valence-electron chi connectivity index (χ1n) is 11.1. The molecule has 0 bridgehead atoms. The Kier molecular flexibility index (Phi) is 4.60. The van der Waals surface area contributed by atoms with Crippen LogP contribution in [-0.4, -0.2) is 64.9 Å². The third kappa shape index (κ3) is 3.34. The van der Waals surface area contributed by atoms with Crippen molar-refractivity contribution in [3.63, 3.8) is 0 Å². The number of ether oxygens (including phenoxy) is 1. The van der Waals surface area contributed by atoms with Gasteiger partial charge in [-0.25, -0.2) is 4.98 Å². The molecule has 0 atom stereocenters. The lowest BCUT2D eigenvalue weighted by molar-refractivity contribution is 0.103. The molecule has 0 radical (unpaired) electrons. The summed E-state index contributed by atoms with van der Waals surface area (Å²) in [6.07, 6.45) is 4.46. The van der Waals surface area contributed by atoms with Gasteiger partial charge in [-0.05, 0) is 50.7 Å². The van der Waals surface area contributed by atoms with Crippen molar-refractivity contribution in [2.45, 2.75) is 18.4 Å². The number of carbonyl (C=O) groups is 1. The van der Waals surface area contributed by atoms with E-state index in [1.165, 1.54) is 30.7 Å². The molecule has 0 unspecified atom stereocenters. The minimum absolute atomic E-state index is 0.170. The van der Waals surface area contributed by atoms with Crippen molar-refractivity contribution in [2.75, 3.05) is 44.0 Å². The van der Waals surface area contributed by atoms with Crippen LogP contribution < -0.4 is 15.0 Å². The third-order valence-corrected chi connectivity index (χ3v) is 8.06. The smallest absolute Gasteiger partial charge is 0.265 e. The Labute approximate surface area is 195 Å². The van der Waals surface area contributed by atoms with Crippen LogP contribution in [0.4, 0.5) is 11.5 Å². The number of aromatic nitrogens is 3. The van der Waals surface area contributed by atoms with E-state index in [0.29, 0.717) is 21.9 Å². The maximum absolute atomic E-state index is 13.1. The molecule has 9 heteroatoms. The van der Waals surface area contributed by atoms with Crippen molar-refractivity contribution in [1.82, 2.24) is 19.7 Å². The average Bonchev–Trinajstić information content (AvgIpc) is 3.46. The van der Waals surface area contributed by atoms with Crippen LogP contribution >= 0.6 is 11.3 Å². The number of aryl methyl sites for hydroxylation is 1. The second-order valence-electron chi connectivity index (χ2n) is 9.15. The van der Waals surface area contributed by atoms with Crippen LogP contribution in [0.3, 0.4) is 0 Å². The first-order valence-corrected chi connectivity index (χ1v) is 12.0. The fourth-order valence-electron chi connectivity index (χ4n) is 5.12. The van der Waals surface area contributed by atoms with Crippen LogP contribution in [0.1, 0.15) is 22.5 Å². The van der Waals surface area contributed by atoms with E-state index in [0.717, 1.165) is 40.0 Å². The molecule has 4 aromatic rings. The molecule has 5 heterocycles. The highest BCUT2D eigenvalue weighted by Gasteiger charge is 2.48. The summed E-state index contributed by atoms with van der Waals surface area (Å²) < 4.78 is 7.23. The minimum atomic E-state index is -0.170. The molecule has 0 aliphatic carbocycles. The highest BCUT2D eigenvalue weighted by atomic mass is 32.1. The number of thiophene rings is 1. The van der Waals surface area contributed by atoms with Gasteiger partial charge in [-0.15, -0.1) is 11.3 Å². The highest BCUT2D eigenvalue weighted by Crippen LogP contribution is 2.39. The summed E-state index contributed by atoms with van der Waals surface area (Å²) in [5.41, 5.74) is 1.77. The van der Waals surface area contributed by atoms with E-state index < -0.39 is 0 Å². The normalized spacial score (nSPS) is 17.7. The Morgan fingerprint density at radius 2 is 2.03 bits per heavy atom. The number of nitrogens with zero attached hydrogens (tertiary/aromatic N) is 5. The van der Waals surface area contributed by atoms with E-state index in [2.05, 4.69) is 39.4 Å². The number of amides is 1. The minimum Gasteiger partial charge on any atom is -0.494 e. The lowest BCUT2D eigenvalue weighted by atomic mass is 9.87. The second kappa shape index (κ2) is 7.43. The summed E-state index contributed by atoms with van der Waals surface area (Å²) in [6.45, 7) is 3.23. The number of nitrogens with one attached hydrogen (secondary N) is 1. The number of methoxy groups -OCH3 is 1. The van der Waals surface area contributed by atoms with Gasteiger partial charge in [0.15, 0.2) is 0 Å². The topological polar surface area (TPSA) is 75.5 Å². The number of likely N-dealkylation sites (tertiary alicyclic amines) is 1. The number of hydrogen-bond donors (Lipinski definition) is 1. The number of anilines is 2. The second-order valence-corrected chi connectivity index (χ2v) is 10.2. The van der Waals surface area contributed by atoms with Gasteiger partial charge in [0.25, 0.3) is 5.91 Å². The van der Waals surface area contributed by atoms with Gasteiger partial charge in [0.1, 0.15) is 16.4 Å².